The van der Waals surface area contributed by atoms with Crippen LogP contribution in [0.25, 0.3) is 22.2 Å². The predicted octanol–water partition coefficient (Wildman–Crippen LogP) is 5.82. The molecule has 0 saturated carbocycles. The second-order valence-electron chi connectivity index (χ2n) is 8.42. The van der Waals surface area contributed by atoms with Crippen molar-refractivity contribution in [3.63, 3.8) is 0 Å². The standard InChI is InChI=1S/C27H25FN2O3/c1-18-14-20(9-11-22(18)28)21-10-12-25-23(15-21)29-27(33-25)24-8-5-13-30(24)26(31)17-32-16-19-6-3-2-4-7-19/h2-4,6-7,9-12,14-15,24H,5,8,13,16-17H2,1H3/t24-/m1/s1. The van der Waals surface area contributed by atoms with E-state index in [-0.39, 0.29) is 24.4 Å². The minimum absolute atomic E-state index is 0.0275. The summed E-state index contributed by atoms with van der Waals surface area (Å²) in [6.45, 7) is 2.84. The summed E-state index contributed by atoms with van der Waals surface area (Å²) in [4.78, 5) is 19.3. The SMILES string of the molecule is Cc1cc(-c2ccc3oc([C@H]4CCCN4C(=O)COCc4ccccc4)nc3c2)ccc1F. The second-order valence-corrected chi connectivity index (χ2v) is 8.42. The number of likely N-dealkylation sites (tertiary alicyclic amines) is 1. The molecule has 1 saturated heterocycles. The zero-order chi connectivity index (χ0) is 22.8. The minimum atomic E-state index is -0.220. The third-order valence-corrected chi connectivity index (χ3v) is 6.09. The van der Waals surface area contributed by atoms with Crippen molar-refractivity contribution in [1.82, 2.24) is 9.88 Å². The summed E-state index contributed by atoms with van der Waals surface area (Å²) in [5, 5.41) is 0. The molecule has 0 radical (unpaired) electrons. The average molecular weight is 445 g/mol. The monoisotopic (exact) mass is 444 g/mol. The van der Waals surface area contributed by atoms with E-state index in [2.05, 4.69) is 0 Å². The zero-order valence-corrected chi connectivity index (χ0v) is 18.5. The molecule has 0 bridgehead atoms. The number of rotatable bonds is 6. The molecule has 1 aliphatic rings. The predicted molar refractivity (Wildman–Crippen MR) is 124 cm³/mol. The first-order valence-electron chi connectivity index (χ1n) is 11.2. The Morgan fingerprint density at radius 1 is 1.12 bits per heavy atom. The van der Waals surface area contributed by atoms with Crippen LogP contribution in [-0.2, 0) is 16.1 Å². The first-order chi connectivity index (χ1) is 16.1. The number of fused-ring (bicyclic) bond motifs is 1. The van der Waals surface area contributed by atoms with Crippen LogP contribution in [0.5, 0.6) is 0 Å². The van der Waals surface area contributed by atoms with Crippen LogP contribution < -0.4 is 0 Å². The van der Waals surface area contributed by atoms with E-state index in [4.69, 9.17) is 14.1 Å². The fraction of sp³-hybridized carbons (Fsp3) is 0.259. The van der Waals surface area contributed by atoms with Gasteiger partial charge in [0.05, 0.1) is 6.61 Å². The summed E-state index contributed by atoms with van der Waals surface area (Å²) in [6, 6.07) is 20.4. The molecule has 0 spiro atoms. The Labute approximate surface area is 191 Å². The summed E-state index contributed by atoms with van der Waals surface area (Å²) in [5.41, 5.74) is 4.90. The zero-order valence-electron chi connectivity index (χ0n) is 18.5. The van der Waals surface area contributed by atoms with Gasteiger partial charge in [0, 0.05) is 6.54 Å². The first kappa shape index (κ1) is 21.3. The van der Waals surface area contributed by atoms with E-state index >= 15 is 0 Å². The molecular formula is C27H25FN2O3. The second kappa shape index (κ2) is 9.16. The van der Waals surface area contributed by atoms with Gasteiger partial charge in [-0.2, -0.15) is 0 Å². The summed E-state index contributed by atoms with van der Waals surface area (Å²) in [6.07, 6.45) is 1.70. The number of ether oxygens (including phenoxy) is 1. The van der Waals surface area contributed by atoms with Gasteiger partial charge in [0.25, 0.3) is 0 Å². The summed E-state index contributed by atoms with van der Waals surface area (Å²) < 4.78 is 25.3. The van der Waals surface area contributed by atoms with Crippen molar-refractivity contribution < 1.29 is 18.3 Å². The molecule has 1 atom stereocenters. The molecule has 6 heteroatoms. The maximum Gasteiger partial charge on any atom is 0.249 e. The summed E-state index contributed by atoms with van der Waals surface area (Å²) >= 11 is 0. The number of hydrogen-bond acceptors (Lipinski definition) is 4. The third-order valence-electron chi connectivity index (χ3n) is 6.09. The number of benzene rings is 3. The number of amides is 1. The van der Waals surface area contributed by atoms with E-state index in [9.17, 15) is 9.18 Å². The van der Waals surface area contributed by atoms with Crippen LogP contribution in [0.2, 0.25) is 0 Å². The van der Waals surface area contributed by atoms with Crippen molar-refractivity contribution >= 4 is 17.0 Å². The molecule has 1 fully saturated rings. The number of carbonyl (C=O) groups is 1. The number of aryl methyl sites for hydroxylation is 1. The highest BCUT2D eigenvalue weighted by atomic mass is 19.1. The van der Waals surface area contributed by atoms with Crippen molar-refractivity contribution in [3.8, 4) is 11.1 Å². The largest absolute Gasteiger partial charge is 0.438 e. The summed E-state index contributed by atoms with van der Waals surface area (Å²) in [7, 11) is 0. The van der Waals surface area contributed by atoms with Crippen LogP contribution in [0.3, 0.4) is 0 Å². The Hall–Kier alpha value is -3.51. The van der Waals surface area contributed by atoms with Crippen LogP contribution in [0.1, 0.15) is 35.9 Å². The maximum atomic E-state index is 13.6. The molecule has 5 nitrogen and oxygen atoms in total. The fourth-order valence-electron chi connectivity index (χ4n) is 4.33. The van der Waals surface area contributed by atoms with Gasteiger partial charge < -0.3 is 14.1 Å². The van der Waals surface area contributed by atoms with Gasteiger partial charge in [-0.25, -0.2) is 9.37 Å². The normalized spacial score (nSPS) is 15.9. The Bertz CT molecular complexity index is 1290. The van der Waals surface area contributed by atoms with Gasteiger partial charge in [0.15, 0.2) is 5.58 Å². The lowest BCUT2D eigenvalue weighted by Crippen LogP contribution is -2.33. The van der Waals surface area contributed by atoms with E-state index < -0.39 is 0 Å². The maximum absolute atomic E-state index is 13.6. The van der Waals surface area contributed by atoms with E-state index in [0.29, 0.717) is 30.2 Å². The lowest BCUT2D eigenvalue weighted by atomic mass is 10.0. The van der Waals surface area contributed by atoms with Crippen molar-refractivity contribution in [2.75, 3.05) is 13.2 Å². The molecule has 1 aromatic heterocycles. The van der Waals surface area contributed by atoms with Gasteiger partial charge in [-0.05, 0) is 66.3 Å². The van der Waals surface area contributed by atoms with Crippen LogP contribution in [0, 0.1) is 12.7 Å². The molecule has 5 rings (SSSR count). The van der Waals surface area contributed by atoms with Crippen LogP contribution >= 0.6 is 0 Å². The number of oxazole rings is 1. The smallest absolute Gasteiger partial charge is 0.249 e. The highest BCUT2D eigenvalue weighted by Gasteiger charge is 2.33. The quantitative estimate of drug-likeness (QED) is 0.376. The Balaban J connectivity index is 1.31. The van der Waals surface area contributed by atoms with E-state index in [1.54, 1.807) is 17.9 Å². The number of halogens is 1. The average Bonchev–Trinajstić information content (AvgIpc) is 3.48. The molecule has 2 heterocycles. The van der Waals surface area contributed by atoms with Crippen LogP contribution in [0.4, 0.5) is 4.39 Å². The van der Waals surface area contributed by atoms with Gasteiger partial charge in [-0.15, -0.1) is 0 Å². The molecule has 0 aliphatic carbocycles. The van der Waals surface area contributed by atoms with Gasteiger partial charge in [0.2, 0.25) is 11.8 Å². The van der Waals surface area contributed by atoms with Gasteiger partial charge in [0.1, 0.15) is 24.0 Å². The number of carbonyl (C=O) groups excluding carboxylic acids is 1. The number of aromatic nitrogens is 1. The molecule has 3 aromatic carbocycles. The highest BCUT2D eigenvalue weighted by molar-refractivity contribution is 5.81. The van der Waals surface area contributed by atoms with Crippen molar-refractivity contribution in [1.29, 1.82) is 0 Å². The lowest BCUT2D eigenvalue weighted by Gasteiger charge is -2.22. The fourth-order valence-corrected chi connectivity index (χ4v) is 4.33. The number of nitrogens with zero attached hydrogens (tertiary/aromatic N) is 2. The number of hydrogen-bond donors (Lipinski definition) is 0. The van der Waals surface area contributed by atoms with Gasteiger partial charge in [-0.1, -0.05) is 42.5 Å². The molecular weight excluding hydrogens is 419 g/mol. The molecule has 0 N–H and O–H groups in total. The van der Waals surface area contributed by atoms with E-state index in [0.717, 1.165) is 35.0 Å². The lowest BCUT2D eigenvalue weighted by molar-refractivity contribution is -0.137. The van der Waals surface area contributed by atoms with Crippen LogP contribution in [-0.4, -0.2) is 28.9 Å². The third kappa shape index (κ3) is 4.52. The Morgan fingerprint density at radius 2 is 1.91 bits per heavy atom. The summed E-state index contributed by atoms with van der Waals surface area (Å²) in [5.74, 6) is 0.270. The van der Waals surface area contributed by atoms with E-state index in [1.165, 1.54) is 6.07 Å². The first-order valence-corrected chi connectivity index (χ1v) is 11.2. The molecule has 1 aliphatic heterocycles. The molecule has 168 valence electrons. The molecule has 1 amide bonds. The molecule has 33 heavy (non-hydrogen) atoms. The Morgan fingerprint density at radius 3 is 2.73 bits per heavy atom. The molecule has 0 unspecified atom stereocenters. The topological polar surface area (TPSA) is 55.6 Å². The van der Waals surface area contributed by atoms with Crippen molar-refractivity contribution in [2.24, 2.45) is 0 Å². The van der Waals surface area contributed by atoms with Crippen molar-refractivity contribution in [3.05, 3.63) is 89.6 Å². The highest BCUT2D eigenvalue weighted by Crippen LogP contribution is 2.34. The minimum Gasteiger partial charge on any atom is -0.438 e. The van der Waals surface area contributed by atoms with E-state index in [1.807, 2.05) is 54.6 Å². The Kier molecular flexibility index (Phi) is 5.92. The van der Waals surface area contributed by atoms with Crippen LogP contribution in [0.15, 0.2) is 71.1 Å². The van der Waals surface area contributed by atoms with Gasteiger partial charge in [-0.3, -0.25) is 4.79 Å². The van der Waals surface area contributed by atoms with Gasteiger partial charge >= 0.3 is 0 Å². The van der Waals surface area contributed by atoms with Crippen molar-refractivity contribution in [2.45, 2.75) is 32.4 Å². The molecule has 4 aromatic rings.